The summed E-state index contributed by atoms with van der Waals surface area (Å²) in [4.78, 5) is 13.6. The molecule has 0 amide bonds. The second-order valence-corrected chi connectivity index (χ2v) is 4.80. The van der Waals surface area contributed by atoms with Gasteiger partial charge >= 0.3 is 5.97 Å². The third-order valence-corrected chi connectivity index (χ3v) is 3.38. The van der Waals surface area contributed by atoms with E-state index >= 15 is 0 Å². The van der Waals surface area contributed by atoms with Gasteiger partial charge in [-0.2, -0.15) is 5.10 Å². The van der Waals surface area contributed by atoms with Gasteiger partial charge in [-0.05, 0) is 38.9 Å². The Balaban J connectivity index is 2.73. The first-order valence-electron chi connectivity index (χ1n) is 7.04. The molecule has 20 heavy (non-hydrogen) atoms. The number of aryl methyl sites for hydroxylation is 1. The number of carboxylic acids is 1. The average Bonchev–Trinajstić information content (AvgIpc) is 2.41. The molecule has 6 nitrogen and oxygen atoms in total. The van der Waals surface area contributed by atoms with E-state index in [-0.39, 0.29) is 5.56 Å². The highest BCUT2D eigenvalue weighted by Gasteiger charge is 2.17. The van der Waals surface area contributed by atoms with Crippen molar-refractivity contribution in [2.75, 3.05) is 31.5 Å². The Morgan fingerprint density at radius 2 is 1.95 bits per heavy atom. The Hall–Kier alpha value is -1.69. The van der Waals surface area contributed by atoms with Crippen molar-refractivity contribution in [3.8, 4) is 0 Å². The Kier molecular flexibility index (Phi) is 6.38. The summed E-state index contributed by atoms with van der Waals surface area (Å²) in [6.45, 7) is 11.3. The summed E-state index contributed by atoms with van der Waals surface area (Å²) in [6.07, 6.45) is 1.11. The summed E-state index contributed by atoms with van der Waals surface area (Å²) < 4.78 is 0. The molecule has 1 aromatic heterocycles. The standard InChI is InChI=1S/C14H24N4O2/c1-5-8-18(6-2)9-7-15-13-12(14(19)20)10(3)11(4)16-17-13/h5-9H2,1-4H3,(H,15,17)(H,19,20). The smallest absolute Gasteiger partial charge is 0.339 e. The number of likely N-dealkylation sites (N-methyl/N-ethyl adjacent to an activating group) is 1. The van der Waals surface area contributed by atoms with Crippen molar-refractivity contribution in [3.05, 3.63) is 16.8 Å². The molecular weight excluding hydrogens is 256 g/mol. The van der Waals surface area contributed by atoms with Crippen molar-refractivity contribution in [2.24, 2.45) is 0 Å². The maximum absolute atomic E-state index is 11.3. The van der Waals surface area contributed by atoms with E-state index in [1.54, 1.807) is 13.8 Å². The van der Waals surface area contributed by atoms with Crippen LogP contribution in [0.2, 0.25) is 0 Å². The SMILES string of the molecule is CCCN(CC)CCNc1nnc(C)c(C)c1C(=O)O. The van der Waals surface area contributed by atoms with Crippen LogP contribution in [0, 0.1) is 13.8 Å². The Morgan fingerprint density at radius 1 is 1.25 bits per heavy atom. The number of hydrogen-bond acceptors (Lipinski definition) is 5. The van der Waals surface area contributed by atoms with Crippen molar-refractivity contribution < 1.29 is 9.90 Å². The highest BCUT2D eigenvalue weighted by Crippen LogP contribution is 2.18. The molecule has 0 aliphatic carbocycles. The van der Waals surface area contributed by atoms with Gasteiger partial charge < -0.3 is 15.3 Å². The Labute approximate surface area is 120 Å². The zero-order valence-corrected chi connectivity index (χ0v) is 12.7. The Bertz CT molecular complexity index is 463. The zero-order valence-electron chi connectivity index (χ0n) is 12.7. The third kappa shape index (κ3) is 4.16. The minimum atomic E-state index is -0.969. The number of carbonyl (C=O) groups is 1. The first-order valence-corrected chi connectivity index (χ1v) is 7.04. The second kappa shape index (κ2) is 7.79. The molecular formula is C14H24N4O2. The zero-order chi connectivity index (χ0) is 15.1. The van der Waals surface area contributed by atoms with Crippen LogP contribution in [0.3, 0.4) is 0 Å². The molecule has 1 aromatic rings. The first-order chi connectivity index (χ1) is 9.51. The lowest BCUT2D eigenvalue weighted by atomic mass is 10.1. The van der Waals surface area contributed by atoms with E-state index in [4.69, 9.17) is 0 Å². The fourth-order valence-electron chi connectivity index (χ4n) is 2.07. The molecule has 0 atom stereocenters. The largest absolute Gasteiger partial charge is 0.478 e. The number of aromatic carboxylic acids is 1. The third-order valence-electron chi connectivity index (χ3n) is 3.38. The maximum atomic E-state index is 11.3. The van der Waals surface area contributed by atoms with Gasteiger partial charge in [0.05, 0.1) is 5.69 Å². The van der Waals surface area contributed by atoms with Gasteiger partial charge in [0.25, 0.3) is 0 Å². The number of aromatic nitrogens is 2. The molecule has 0 aliphatic rings. The molecule has 0 saturated carbocycles. The second-order valence-electron chi connectivity index (χ2n) is 4.80. The van der Waals surface area contributed by atoms with Gasteiger partial charge in [0.15, 0.2) is 5.82 Å². The summed E-state index contributed by atoms with van der Waals surface area (Å²) >= 11 is 0. The quantitative estimate of drug-likeness (QED) is 0.757. The summed E-state index contributed by atoms with van der Waals surface area (Å²) in [7, 11) is 0. The predicted molar refractivity (Wildman–Crippen MR) is 79.4 cm³/mol. The minimum absolute atomic E-state index is 0.219. The van der Waals surface area contributed by atoms with Crippen LogP contribution in [0.15, 0.2) is 0 Å². The fraction of sp³-hybridized carbons (Fsp3) is 0.643. The topological polar surface area (TPSA) is 78.3 Å². The molecule has 0 spiro atoms. The van der Waals surface area contributed by atoms with Gasteiger partial charge in [-0.25, -0.2) is 4.79 Å². The van der Waals surface area contributed by atoms with E-state index in [0.29, 0.717) is 23.6 Å². The van der Waals surface area contributed by atoms with Crippen molar-refractivity contribution in [3.63, 3.8) is 0 Å². The molecule has 0 saturated heterocycles. The van der Waals surface area contributed by atoms with Gasteiger partial charge in [0, 0.05) is 13.1 Å². The van der Waals surface area contributed by atoms with Crippen LogP contribution in [-0.2, 0) is 0 Å². The van der Waals surface area contributed by atoms with Crippen molar-refractivity contribution in [1.29, 1.82) is 0 Å². The van der Waals surface area contributed by atoms with Crippen LogP contribution in [0.25, 0.3) is 0 Å². The van der Waals surface area contributed by atoms with Crippen LogP contribution < -0.4 is 5.32 Å². The molecule has 0 fully saturated rings. The van der Waals surface area contributed by atoms with Crippen molar-refractivity contribution >= 4 is 11.8 Å². The average molecular weight is 280 g/mol. The summed E-state index contributed by atoms with van der Waals surface area (Å²) in [5.41, 5.74) is 1.53. The summed E-state index contributed by atoms with van der Waals surface area (Å²) in [6, 6.07) is 0. The monoisotopic (exact) mass is 280 g/mol. The normalized spacial score (nSPS) is 10.8. The molecule has 0 radical (unpaired) electrons. The molecule has 2 N–H and O–H groups in total. The number of rotatable bonds is 8. The van der Waals surface area contributed by atoms with E-state index in [0.717, 1.165) is 26.1 Å². The molecule has 1 heterocycles. The lowest BCUT2D eigenvalue weighted by Gasteiger charge is -2.20. The van der Waals surface area contributed by atoms with E-state index in [2.05, 4.69) is 34.3 Å². The van der Waals surface area contributed by atoms with E-state index in [9.17, 15) is 9.90 Å². The Morgan fingerprint density at radius 3 is 2.50 bits per heavy atom. The lowest BCUT2D eigenvalue weighted by Crippen LogP contribution is -2.30. The number of anilines is 1. The van der Waals surface area contributed by atoms with Crippen molar-refractivity contribution in [1.82, 2.24) is 15.1 Å². The summed E-state index contributed by atoms with van der Waals surface area (Å²) in [5.74, 6) is -0.614. The number of nitrogens with zero attached hydrogens (tertiary/aromatic N) is 3. The number of nitrogens with one attached hydrogen (secondary N) is 1. The van der Waals surface area contributed by atoms with Gasteiger partial charge in [-0.3, -0.25) is 0 Å². The molecule has 0 aromatic carbocycles. The molecule has 0 bridgehead atoms. The van der Waals surface area contributed by atoms with Gasteiger partial charge in [-0.1, -0.05) is 13.8 Å². The molecule has 6 heteroatoms. The highest BCUT2D eigenvalue weighted by molar-refractivity contribution is 5.94. The van der Waals surface area contributed by atoms with Gasteiger partial charge in [0.2, 0.25) is 0 Å². The summed E-state index contributed by atoms with van der Waals surface area (Å²) in [5, 5.41) is 20.3. The fourth-order valence-corrected chi connectivity index (χ4v) is 2.07. The van der Waals surface area contributed by atoms with Gasteiger partial charge in [-0.15, -0.1) is 5.10 Å². The molecule has 0 aliphatic heterocycles. The first kappa shape index (κ1) is 16.4. The number of carboxylic acid groups (broad SMARTS) is 1. The van der Waals surface area contributed by atoms with E-state index in [1.165, 1.54) is 0 Å². The molecule has 1 rings (SSSR count). The predicted octanol–water partition coefficient (Wildman–Crippen LogP) is 1.94. The lowest BCUT2D eigenvalue weighted by molar-refractivity contribution is 0.0696. The van der Waals surface area contributed by atoms with E-state index in [1.807, 2.05) is 0 Å². The van der Waals surface area contributed by atoms with Crippen LogP contribution in [-0.4, -0.2) is 52.4 Å². The minimum Gasteiger partial charge on any atom is -0.478 e. The van der Waals surface area contributed by atoms with Gasteiger partial charge in [0.1, 0.15) is 5.56 Å². The highest BCUT2D eigenvalue weighted by atomic mass is 16.4. The maximum Gasteiger partial charge on any atom is 0.339 e. The number of hydrogen-bond donors (Lipinski definition) is 2. The van der Waals surface area contributed by atoms with Crippen LogP contribution in [0.5, 0.6) is 0 Å². The molecule has 112 valence electrons. The van der Waals surface area contributed by atoms with Crippen LogP contribution in [0.1, 0.15) is 41.9 Å². The van der Waals surface area contributed by atoms with E-state index < -0.39 is 5.97 Å². The van der Waals surface area contributed by atoms with Crippen molar-refractivity contribution in [2.45, 2.75) is 34.1 Å². The van der Waals surface area contributed by atoms with Crippen LogP contribution >= 0.6 is 0 Å². The van der Waals surface area contributed by atoms with Crippen LogP contribution in [0.4, 0.5) is 5.82 Å². The molecule has 0 unspecified atom stereocenters.